The molecule has 2 saturated heterocycles. The van der Waals surface area contributed by atoms with Crippen molar-refractivity contribution < 1.29 is 19.0 Å². The quantitative estimate of drug-likeness (QED) is 0.823. The zero-order chi connectivity index (χ0) is 17.5. The lowest BCUT2D eigenvalue weighted by molar-refractivity contribution is -0.127. The highest BCUT2D eigenvalue weighted by Crippen LogP contribution is 2.34. The fourth-order valence-electron chi connectivity index (χ4n) is 3.61. The maximum absolute atomic E-state index is 12.2. The summed E-state index contributed by atoms with van der Waals surface area (Å²) in [5, 5.41) is 3.07. The Morgan fingerprint density at radius 1 is 1.24 bits per heavy atom. The molecule has 1 amide bonds. The molecule has 0 bridgehead atoms. The van der Waals surface area contributed by atoms with E-state index >= 15 is 0 Å². The van der Waals surface area contributed by atoms with E-state index in [1.54, 1.807) is 0 Å². The summed E-state index contributed by atoms with van der Waals surface area (Å²) in [6.07, 6.45) is 4.11. The Labute approximate surface area is 150 Å². The molecule has 0 aromatic heterocycles. The molecule has 3 rings (SSSR count). The van der Waals surface area contributed by atoms with Gasteiger partial charge in [0.2, 0.25) is 5.91 Å². The first-order chi connectivity index (χ1) is 12.2. The predicted molar refractivity (Wildman–Crippen MR) is 95.7 cm³/mol. The van der Waals surface area contributed by atoms with E-state index in [1.807, 2.05) is 0 Å². The number of amides is 1. The number of hydrogen-bond acceptors (Lipinski definition) is 4. The Bertz CT molecular complexity index is 545. The van der Waals surface area contributed by atoms with E-state index in [2.05, 4.69) is 36.5 Å². The Balaban J connectivity index is 1.51. The summed E-state index contributed by atoms with van der Waals surface area (Å²) in [5.74, 6) is -0.0593. The van der Waals surface area contributed by atoms with Crippen LogP contribution in [-0.2, 0) is 24.4 Å². The van der Waals surface area contributed by atoms with Crippen LogP contribution >= 0.6 is 0 Å². The molecule has 1 aromatic carbocycles. The summed E-state index contributed by atoms with van der Waals surface area (Å²) in [7, 11) is 0. The van der Waals surface area contributed by atoms with Crippen molar-refractivity contribution in [3.05, 3.63) is 35.4 Å². The monoisotopic (exact) mass is 347 g/mol. The van der Waals surface area contributed by atoms with Crippen LogP contribution in [0, 0.1) is 6.92 Å². The minimum Gasteiger partial charge on any atom is -0.381 e. The molecule has 2 heterocycles. The van der Waals surface area contributed by atoms with Gasteiger partial charge in [0.25, 0.3) is 0 Å². The maximum Gasteiger partial charge on any atom is 0.246 e. The van der Waals surface area contributed by atoms with Crippen LogP contribution in [0.2, 0.25) is 0 Å². The molecule has 1 atom stereocenters. The van der Waals surface area contributed by atoms with Gasteiger partial charge in [-0.2, -0.15) is 0 Å². The van der Waals surface area contributed by atoms with Crippen molar-refractivity contribution in [3.8, 4) is 0 Å². The lowest BCUT2D eigenvalue weighted by atomic mass is 9.74. The smallest absolute Gasteiger partial charge is 0.246 e. The van der Waals surface area contributed by atoms with E-state index in [0.717, 1.165) is 45.5 Å². The van der Waals surface area contributed by atoms with E-state index in [1.165, 1.54) is 11.1 Å². The van der Waals surface area contributed by atoms with Crippen LogP contribution in [0.15, 0.2) is 24.3 Å². The molecule has 5 nitrogen and oxygen atoms in total. The van der Waals surface area contributed by atoms with Gasteiger partial charge in [-0.15, -0.1) is 0 Å². The SMILES string of the molecule is Cc1ccc(C2(CNC(=O)COC[C@H]3CCCO3)CCOCC2)cc1. The standard InChI is InChI=1S/C20H29NO4/c1-16-4-6-17(7-5-16)20(8-11-23-12-9-20)15-21-19(22)14-24-13-18-3-2-10-25-18/h4-7,18H,2-3,8-15H2,1H3,(H,21,22)/t18-/m1/s1. The first-order valence-electron chi connectivity index (χ1n) is 9.29. The number of benzene rings is 1. The molecule has 2 aliphatic rings. The highest BCUT2D eigenvalue weighted by molar-refractivity contribution is 5.77. The van der Waals surface area contributed by atoms with Crippen LogP contribution in [0.1, 0.15) is 36.8 Å². The third-order valence-electron chi connectivity index (χ3n) is 5.30. The molecule has 0 aliphatic carbocycles. The second-order valence-corrected chi connectivity index (χ2v) is 7.19. The highest BCUT2D eigenvalue weighted by Gasteiger charge is 2.34. The van der Waals surface area contributed by atoms with Crippen LogP contribution < -0.4 is 5.32 Å². The van der Waals surface area contributed by atoms with Gasteiger partial charge < -0.3 is 19.5 Å². The molecule has 1 N–H and O–H groups in total. The van der Waals surface area contributed by atoms with Crippen LogP contribution in [0.3, 0.4) is 0 Å². The van der Waals surface area contributed by atoms with Crippen LogP contribution in [0.5, 0.6) is 0 Å². The normalized spacial score (nSPS) is 22.7. The fraction of sp³-hybridized carbons (Fsp3) is 0.650. The van der Waals surface area contributed by atoms with Gasteiger partial charge in [0.05, 0.1) is 12.7 Å². The van der Waals surface area contributed by atoms with Crippen LogP contribution in [0.4, 0.5) is 0 Å². The number of aryl methyl sites for hydroxylation is 1. The Morgan fingerprint density at radius 3 is 2.68 bits per heavy atom. The largest absolute Gasteiger partial charge is 0.381 e. The van der Waals surface area contributed by atoms with Gasteiger partial charge in [0.15, 0.2) is 0 Å². The van der Waals surface area contributed by atoms with Crippen LogP contribution in [-0.4, -0.2) is 51.6 Å². The van der Waals surface area contributed by atoms with E-state index in [9.17, 15) is 4.79 Å². The number of hydrogen-bond donors (Lipinski definition) is 1. The highest BCUT2D eigenvalue weighted by atomic mass is 16.5. The number of carbonyl (C=O) groups is 1. The number of nitrogens with one attached hydrogen (secondary N) is 1. The molecule has 2 fully saturated rings. The van der Waals surface area contributed by atoms with E-state index in [-0.39, 0.29) is 24.0 Å². The average molecular weight is 347 g/mol. The van der Waals surface area contributed by atoms with Crippen molar-refractivity contribution in [1.29, 1.82) is 0 Å². The summed E-state index contributed by atoms with van der Waals surface area (Å²) in [6, 6.07) is 8.64. The molecular formula is C20H29NO4. The van der Waals surface area contributed by atoms with Crippen molar-refractivity contribution in [1.82, 2.24) is 5.32 Å². The molecule has 0 radical (unpaired) electrons. The molecule has 2 aliphatic heterocycles. The summed E-state index contributed by atoms with van der Waals surface area (Å²) < 4.78 is 16.6. The predicted octanol–water partition coefficient (Wildman–Crippen LogP) is 2.36. The second kappa shape index (κ2) is 8.79. The van der Waals surface area contributed by atoms with E-state index in [4.69, 9.17) is 14.2 Å². The van der Waals surface area contributed by atoms with Gasteiger partial charge in [-0.25, -0.2) is 0 Å². The minimum absolute atomic E-state index is 0.0455. The zero-order valence-electron chi connectivity index (χ0n) is 15.1. The average Bonchev–Trinajstić information content (AvgIpc) is 3.15. The third-order valence-corrected chi connectivity index (χ3v) is 5.30. The molecule has 138 valence electrons. The summed E-state index contributed by atoms with van der Waals surface area (Å²) in [6.45, 7) is 5.60. The van der Waals surface area contributed by atoms with Crippen molar-refractivity contribution in [3.63, 3.8) is 0 Å². The molecule has 1 aromatic rings. The second-order valence-electron chi connectivity index (χ2n) is 7.19. The first-order valence-corrected chi connectivity index (χ1v) is 9.29. The van der Waals surface area contributed by atoms with Crippen molar-refractivity contribution in [2.24, 2.45) is 0 Å². The molecule has 25 heavy (non-hydrogen) atoms. The zero-order valence-corrected chi connectivity index (χ0v) is 15.1. The summed E-state index contributed by atoms with van der Waals surface area (Å²) in [5.41, 5.74) is 2.48. The summed E-state index contributed by atoms with van der Waals surface area (Å²) >= 11 is 0. The lowest BCUT2D eigenvalue weighted by Crippen LogP contribution is -2.45. The Kier molecular flexibility index (Phi) is 6.45. The number of rotatable bonds is 7. The first kappa shape index (κ1) is 18.4. The molecular weight excluding hydrogens is 318 g/mol. The van der Waals surface area contributed by atoms with Gasteiger partial charge >= 0.3 is 0 Å². The van der Waals surface area contributed by atoms with E-state index in [0.29, 0.717) is 13.2 Å². The Morgan fingerprint density at radius 2 is 2.00 bits per heavy atom. The van der Waals surface area contributed by atoms with Gasteiger partial charge in [-0.3, -0.25) is 4.79 Å². The van der Waals surface area contributed by atoms with Gasteiger partial charge in [0.1, 0.15) is 6.61 Å². The third kappa shape index (κ3) is 5.03. The van der Waals surface area contributed by atoms with Crippen molar-refractivity contribution >= 4 is 5.91 Å². The Hall–Kier alpha value is -1.43. The maximum atomic E-state index is 12.2. The number of carbonyl (C=O) groups excluding carboxylic acids is 1. The molecule has 0 unspecified atom stereocenters. The lowest BCUT2D eigenvalue weighted by Gasteiger charge is -2.38. The van der Waals surface area contributed by atoms with Gasteiger partial charge in [-0.05, 0) is 38.2 Å². The summed E-state index contributed by atoms with van der Waals surface area (Å²) in [4.78, 5) is 12.2. The fourth-order valence-corrected chi connectivity index (χ4v) is 3.61. The topological polar surface area (TPSA) is 56.8 Å². The molecule has 0 spiro atoms. The van der Waals surface area contributed by atoms with Crippen molar-refractivity contribution in [2.45, 2.75) is 44.1 Å². The molecule has 0 saturated carbocycles. The molecule has 5 heteroatoms. The van der Waals surface area contributed by atoms with Gasteiger partial charge in [0, 0.05) is 31.8 Å². The number of ether oxygens (including phenoxy) is 3. The van der Waals surface area contributed by atoms with Crippen molar-refractivity contribution in [2.75, 3.05) is 39.6 Å². The van der Waals surface area contributed by atoms with Gasteiger partial charge in [-0.1, -0.05) is 29.8 Å². The van der Waals surface area contributed by atoms with E-state index < -0.39 is 0 Å². The van der Waals surface area contributed by atoms with Crippen LogP contribution in [0.25, 0.3) is 0 Å². The minimum atomic E-state index is -0.0593.